The molecule has 0 aromatic heterocycles. The summed E-state index contributed by atoms with van der Waals surface area (Å²) in [5, 5.41) is 7.91. The number of nitrogens with zero attached hydrogens (tertiary/aromatic N) is 2. The van der Waals surface area contributed by atoms with Gasteiger partial charge in [0.15, 0.2) is 0 Å². The number of nitrogens with one attached hydrogen (secondary N) is 3. The molecule has 3 aliphatic heterocycles. The van der Waals surface area contributed by atoms with Gasteiger partial charge in [-0.3, -0.25) is 19.7 Å². The van der Waals surface area contributed by atoms with Gasteiger partial charge in [0.2, 0.25) is 11.8 Å². The average molecular weight is 592 g/mol. The lowest BCUT2D eigenvalue weighted by Gasteiger charge is -2.33. The summed E-state index contributed by atoms with van der Waals surface area (Å²) >= 11 is 0. The molecule has 228 valence electrons. The monoisotopic (exact) mass is 591 g/mol. The number of imide groups is 1. The summed E-state index contributed by atoms with van der Waals surface area (Å²) in [6, 6.07) is 11.4. The highest BCUT2D eigenvalue weighted by atomic mass is 16.6. The van der Waals surface area contributed by atoms with Gasteiger partial charge in [0.1, 0.15) is 23.5 Å². The minimum absolute atomic E-state index is 0.0591. The minimum atomic E-state index is -0.672. The highest BCUT2D eigenvalue weighted by Gasteiger charge is 2.39. The molecule has 3 aliphatic rings. The van der Waals surface area contributed by atoms with Gasteiger partial charge in [-0.1, -0.05) is 18.2 Å². The van der Waals surface area contributed by atoms with Crippen molar-refractivity contribution < 1.29 is 33.4 Å². The van der Waals surface area contributed by atoms with Crippen molar-refractivity contribution in [2.75, 3.05) is 18.4 Å². The zero-order valence-corrected chi connectivity index (χ0v) is 24.6. The Morgan fingerprint density at radius 2 is 1.79 bits per heavy atom. The van der Waals surface area contributed by atoms with Crippen LogP contribution in [0.2, 0.25) is 0 Å². The molecule has 6 amide bonds. The van der Waals surface area contributed by atoms with Crippen molar-refractivity contribution in [3.63, 3.8) is 0 Å². The number of amides is 6. The first-order chi connectivity index (χ1) is 20.4. The lowest BCUT2D eigenvalue weighted by molar-refractivity contribution is -0.136. The van der Waals surface area contributed by atoms with E-state index in [0.29, 0.717) is 55.9 Å². The minimum Gasteiger partial charge on any atom is -0.490 e. The summed E-state index contributed by atoms with van der Waals surface area (Å²) in [5.74, 6) is -0.419. The molecule has 0 aliphatic carbocycles. The predicted molar refractivity (Wildman–Crippen MR) is 156 cm³/mol. The van der Waals surface area contributed by atoms with E-state index in [9.17, 15) is 24.0 Å². The molecule has 1 atom stereocenters. The average Bonchev–Trinajstić information content (AvgIpc) is 3.27. The van der Waals surface area contributed by atoms with Gasteiger partial charge in [-0.2, -0.15) is 0 Å². The number of anilines is 1. The van der Waals surface area contributed by atoms with Crippen LogP contribution in [0.1, 0.15) is 67.9 Å². The molecule has 0 saturated carbocycles. The Balaban J connectivity index is 1.09. The molecule has 2 aromatic rings. The van der Waals surface area contributed by atoms with Gasteiger partial charge in [-0.05, 0) is 56.5 Å². The van der Waals surface area contributed by atoms with Gasteiger partial charge >= 0.3 is 12.1 Å². The van der Waals surface area contributed by atoms with Crippen LogP contribution in [0.4, 0.5) is 15.3 Å². The van der Waals surface area contributed by atoms with Crippen LogP contribution >= 0.6 is 0 Å². The second-order valence-corrected chi connectivity index (χ2v) is 12.0. The summed E-state index contributed by atoms with van der Waals surface area (Å²) in [6.07, 6.45) is 1.47. The van der Waals surface area contributed by atoms with Gasteiger partial charge in [-0.25, -0.2) is 9.59 Å². The molecule has 12 nitrogen and oxygen atoms in total. The van der Waals surface area contributed by atoms with E-state index in [1.54, 1.807) is 29.2 Å². The van der Waals surface area contributed by atoms with Crippen LogP contribution in [0.15, 0.2) is 42.5 Å². The van der Waals surface area contributed by atoms with Crippen molar-refractivity contribution in [3.05, 3.63) is 59.2 Å². The molecule has 5 rings (SSSR count). The smallest absolute Gasteiger partial charge is 0.410 e. The number of carbonyl (C=O) groups is 5. The molecule has 2 fully saturated rings. The van der Waals surface area contributed by atoms with Crippen LogP contribution < -0.4 is 20.7 Å². The Morgan fingerprint density at radius 1 is 1.02 bits per heavy atom. The van der Waals surface area contributed by atoms with Crippen molar-refractivity contribution in [2.24, 2.45) is 0 Å². The Morgan fingerprint density at radius 3 is 2.51 bits per heavy atom. The Kier molecular flexibility index (Phi) is 8.56. The molecule has 0 bridgehead atoms. The number of piperidine rings is 2. The molecule has 12 heteroatoms. The van der Waals surface area contributed by atoms with Crippen LogP contribution in [0.25, 0.3) is 0 Å². The Bertz CT molecular complexity index is 1430. The van der Waals surface area contributed by atoms with Crippen molar-refractivity contribution in [3.8, 4) is 5.75 Å². The van der Waals surface area contributed by atoms with E-state index in [2.05, 4.69) is 16.0 Å². The van der Waals surface area contributed by atoms with Crippen molar-refractivity contribution in [1.29, 1.82) is 0 Å². The summed E-state index contributed by atoms with van der Waals surface area (Å²) in [4.78, 5) is 64.9. The Hall–Kier alpha value is -4.61. The first-order valence-corrected chi connectivity index (χ1v) is 14.5. The lowest BCUT2D eigenvalue weighted by atomic mass is 10.0. The first-order valence-electron chi connectivity index (χ1n) is 14.5. The number of urea groups is 1. The fourth-order valence-electron chi connectivity index (χ4n) is 5.39. The van der Waals surface area contributed by atoms with E-state index in [1.807, 2.05) is 39.0 Å². The molecule has 1 unspecified atom stereocenters. The summed E-state index contributed by atoms with van der Waals surface area (Å²) < 4.78 is 11.6. The summed E-state index contributed by atoms with van der Waals surface area (Å²) in [6.45, 7) is 7.12. The van der Waals surface area contributed by atoms with Crippen LogP contribution in [0.3, 0.4) is 0 Å². The second-order valence-electron chi connectivity index (χ2n) is 12.0. The van der Waals surface area contributed by atoms with E-state index in [4.69, 9.17) is 9.47 Å². The predicted octanol–water partition coefficient (Wildman–Crippen LogP) is 3.55. The maximum absolute atomic E-state index is 13.1. The molecule has 0 radical (unpaired) electrons. The maximum atomic E-state index is 13.1. The third-order valence-corrected chi connectivity index (χ3v) is 7.53. The molecule has 3 N–H and O–H groups in total. The standard InChI is InChI=1S/C31H37N5O7/c1-31(2,3)43-30(41)35-13-11-22(12-14-35)42-23-6-4-5-21(16-23)33-29(40)32-17-19-7-8-20-18-36(28(39)24(20)15-19)25-9-10-26(37)34-27(25)38/h4-8,15-16,22,25H,9-14,17-18H2,1-3H3,(H2,32,33,40)(H,34,37,38). The fraction of sp³-hybridized carbons (Fsp3) is 0.452. The van der Waals surface area contributed by atoms with Crippen molar-refractivity contribution in [1.82, 2.24) is 20.4 Å². The third kappa shape index (κ3) is 7.43. The van der Waals surface area contributed by atoms with Gasteiger partial charge in [0.25, 0.3) is 5.91 Å². The lowest BCUT2D eigenvalue weighted by Crippen LogP contribution is -2.52. The zero-order valence-electron chi connectivity index (χ0n) is 24.6. The normalized spacial score (nSPS) is 19.0. The van der Waals surface area contributed by atoms with E-state index >= 15 is 0 Å². The molecule has 3 heterocycles. The van der Waals surface area contributed by atoms with Crippen LogP contribution in [-0.2, 0) is 27.4 Å². The number of rotatable bonds is 6. The van der Waals surface area contributed by atoms with E-state index in [0.717, 1.165) is 11.1 Å². The largest absolute Gasteiger partial charge is 0.490 e. The summed E-state index contributed by atoms with van der Waals surface area (Å²) in [5.41, 5.74) is 2.06. The van der Waals surface area contributed by atoms with Crippen LogP contribution in [0.5, 0.6) is 5.75 Å². The number of fused-ring (bicyclic) bond motifs is 1. The number of ether oxygens (including phenoxy) is 2. The molecular weight excluding hydrogens is 554 g/mol. The molecular formula is C31H37N5O7. The van der Waals surface area contributed by atoms with Crippen LogP contribution in [-0.4, -0.2) is 70.5 Å². The first kappa shape index (κ1) is 29.9. The second kappa shape index (κ2) is 12.3. The highest BCUT2D eigenvalue weighted by Crippen LogP contribution is 2.28. The molecule has 43 heavy (non-hydrogen) atoms. The van der Waals surface area contributed by atoms with Gasteiger partial charge in [-0.15, -0.1) is 0 Å². The molecule has 0 spiro atoms. The van der Waals surface area contributed by atoms with Gasteiger partial charge < -0.3 is 29.9 Å². The number of carbonyl (C=O) groups excluding carboxylic acids is 5. The SMILES string of the molecule is CC(C)(C)OC(=O)N1CCC(Oc2cccc(NC(=O)NCc3ccc4c(c3)C(=O)N(C3CCC(=O)NC3=O)C4)c2)CC1. The maximum Gasteiger partial charge on any atom is 0.410 e. The topological polar surface area (TPSA) is 146 Å². The van der Waals surface area contributed by atoms with Crippen molar-refractivity contribution in [2.45, 2.75) is 77.3 Å². The zero-order chi connectivity index (χ0) is 30.7. The molecule has 2 saturated heterocycles. The third-order valence-electron chi connectivity index (χ3n) is 7.53. The Labute approximate surface area is 250 Å². The van der Waals surface area contributed by atoms with Gasteiger partial charge in [0.05, 0.1) is 0 Å². The number of likely N-dealkylation sites (tertiary alicyclic amines) is 1. The van der Waals surface area contributed by atoms with Gasteiger partial charge in [0, 0.05) is 62.8 Å². The summed E-state index contributed by atoms with van der Waals surface area (Å²) in [7, 11) is 0. The number of benzene rings is 2. The van der Waals surface area contributed by atoms with Crippen molar-refractivity contribution >= 4 is 35.5 Å². The van der Waals surface area contributed by atoms with E-state index < -0.39 is 23.6 Å². The number of hydrogen-bond acceptors (Lipinski definition) is 7. The number of hydrogen-bond donors (Lipinski definition) is 3. The quantitative estimate of drug-likeness (QED) is 0.436. The van der Waals surface area contributed by atoms with E-state index in [-0.39, 0.29) is 37.0 Å². The fourth-order valence-corrected chi connectivity index (χ4v) is 5.39. The highest BCUT2D eigenvalue weighted by molar-refractivity contribution is 6.05. The van der Waals surface area contributed by atoms with E-state index in [1.165, 1.54) is 4.90 Å². The molecule has 2 aromatic carbocycles. The van der Waals surface area contributed by atoms with Crippen LogP contribution in [0, 0.1) is 0 Å².